The Kier molecular flexibility index (Phi) is 9.20. The standard InChI is InChI=1S/C34H31ClN2O6S/c1-23(26-12-8-5-9-13-26)37-24(2)32(34(39)42-3)31(33(37)38)20-28-16-17-29(43-28)22-36(21-25-10-6-4-7-11-25)44(40,41)30-18-14-27(35)15-19-30/h4-20,23H,21-22H2,1-3H3/b31-20+/t23-/m1/s1. The lowest BCUT2D eigenvalue weighted by Gasteiger charge is -2.26. The van der Waals surface area contributed by atoms with Crippen LogP contribution in [-0.4, -0.2) is 36.6 Å². The van der Waals surface area contributed by atoms with Gasteiger partial charge in [-0.25, -0.2) is 13.2 Å². The molecule has 1 amide bonds. The molecule has 2 heterocycles. The van der Waals surface area contributed by atoms with E-state index in [0.717, 1.165) is 11.1 Å². The molecule has 0 saturated heterocycles. The van der Waals surface area contributed by atoms with Crippen LogP contribution in [0.15, 0.2) is 123 Å². The highest BCUT2D eigenvalue weighted by Gasteiger charge is 2.40. The smallest absolute Gasteiger partial charge is 0.340 e. The summed E-state index contributed by atoms with van der Waals surface area (Å²) in [7, 11) is -2.67. The van der Waals surface area contributed by atoms with Crippen molar-refractivity contribution >= 4 is 39.6 Å². The lowest BCUT2D eigenvalue weighted by Crippen LogP contribution is -2.30. The van der Waals surface area contributed by atoms with Crippen LogP contribution in [0.25, 0.3) is 6.08 Å². The van der Waals surface area contributed by atoms with Gasteiger partial charge in [-0.3, -0.25) is 4.79 Å². The highest BCUT2D eigenvalue weighted by molar-refractivity contribution is 7.89. The number of methoxy groups -OCH3 is 1. The summed E-state index contributed by atoms with van der Waals surface area (Å²) in [6, 6.07) is 27.7. The second kappa shape index (κ2) is 13.1. The molecule has 8 nitrogen and oxygen atoms in total. The van der Waals surface area contributed by atoms with Crippen molar-refractivity contribution in [2.75, 3.05) is 7.11 Å². The average Bonchev–Trinajstić information content (AvgIpc) is 3.57. The molecule has 4 aromatic rings. The Hall–Kier alpha value is -4.44. The molecule has 1 aliphatic rings. The molecule has 0 N–H and O–H groups in total. The number of halogens is 1. The van der Waals surface area contributed by atoms with Gasteiger partial charge in [-0.05, 0) is 67.4 Å². The quantitative estimate of drug-likeness (QED) is 0.142. The van der Waals surface area contributed by atoms with Gasteiger partial charge < -0.3 is 14.1 Å². The van der Waals surface area contributed by atoms with Crippen molar-refractivity contribution in [2.24, 2.45) is 0 Å². The van der Waals surface area contributed by atoms with Gasteiger partial charge in [-0.15, -0.1) is 0 Å². The van der Waals surface area contributed by atoms with E-state index >= 15 is 0 Å². The van der Waals surface area contributed by atoms with Crippen LogP contribution in [0.4, 0.5) is 0 Å². The van der Waals surface area contributed by atoms with Gasteiger partial charge in [0.15, 0.2) is 0 Å². The number of furan rings is 1. The molecule has 0 saturated carbocycles. The van der Waals surface area contributed by atoms with Crippen molar-refractivity contribution in [2.45, 2.75) is 37.9 Å². The van der Waals surface area contributed by atoms with E-state index in [-0.39, 0.29) is 46.8 Å². The fourth-order valence-corrected chi connectivity index (χ4v) is 6.71. The van der Waals surface area contributed by atoms with Crippen molar-refractivity contribution in [3.05, 3.63) is 142 Å². The van der Waals surface area contributed by atoms with Gasteiger partial charge in [-0.1, -0.05) is 72.3 Å². The molecule has 0 bridgehead atoms. The summed E-state index contributed by atoms with van der Waals surface area (Å²) in [6.45, 7) is 3.62. The number of sulfonamides is 1. The Morgan fingerprint density at radius 1 is 0.955 bits per heavy atom. The fourth-order valence-electron chi connectivity index (χ4n) is 5.19. The maximum absolute atomic E-state index is 13.7. The van der Waals surface area contributed by atoms with Crippen LogP contribution < -0.4 is 0 Å². The van der Waals surface area contributed by atoms with Crippen LogP contribution in [0.3, 0.4) is 0 Å². The third-order valence-corrected chi connectivity index (χ3v) is 9.51. The highest BCUT2D eigenvalue weighted by atomic mass is 35.5. The van der Waals surface area contributed by atoms with Crippen LogP contribution >= 0.6 is 11.6 Å². The number of carbonyl (C=O) groups excluding carboxylic acids is 2. The number of rotatable bonds is 10. The molecule has 0 radical (unpaired) electrons. The summed E-state index contributed by atoms with van der Waals surface area (Å²) in [5, 5.41) is 0.427. The number of carbonyl (C=O) groups is 2. The van der Waals surface area contributed by atoms with Crippen molar-refractivity contribution < 1.29 is 27.2 Å². The highest BCUT2D eigenvalue weighted by Crippen LogP contribution is 2.38. The summed E-state index contributed by atoms with van der Waals surface area (Å²) >= 11 is 6.00. The second-order valence-electron chi connectivity index (χ2n) is 10.3. The van der Waals surface area contributed by atoms with Gasteiger partial charge in [0.05, 0.1) is 35.7 Å². The van der Waals surface area contributed by atoms with Crippen LogP contribution in [0.2, 0.25) is 5.02 Å². The van der Waals surface area contributed by atoms with Crippen molar-refractivity contribution in [3.8, 4) is 0 Å². The molecule has 1 aliphatic heterocycles. The minimum absolute atomic E-state index is 0.0765. The van der Waals surface area contributed by atoms with E-state index in [2.05, 4.69) is 0 Å². The monoisotopic (exact) mass is 630 g/mol. The zero-order valence-electron chi connectivity index (χ0n) is 24.4. The van der Waals surface area contributed by atoms with E-state index in [4.69, 9.17) is 20.8 Å². The second-order valence-corrected chi connectivity index (χ2v) is 12.7. The molecule has 0 fully saturated rings. The first-order chi connectivity index (χ1) is 21.1. The van der Waals surface area contributed by atoms with Crippen molar-refractivity contribution in [1.29, 1.82) is 0 Å². The third kappa shape index (κ3) is 6.40. The Morgan fingerprint density at radius 2 is 1.59 bits per heavy atom. The molecular formula is C34H31ClN2O6S. The van der Waals surface area contributed by atoms with Crippen LogP contribution in [0.5, 0.6) is 0 Å². The first-order valence-electron chi connectivity index (χ1n) is 13.9. The van der Waals surface area contributed by atoms with Gasteiger partial charge in [-0.2, -0.15) is 4.31 Å². The number of nitrogens with zero attached hydrogens (tertiary/aromatic N) is 2. The van der Waals surface area contributed by atoms with E-state index in [1.165, 1.54) is 41.8 Å². The number of hydrogen-bond acceptors (Lipinski definition) is 6. The largest absolute Gasteiger partial charge is 0.465 e. The average molecular weight is 631 g/mol. The summed E-state index contributed by atoms with van der Waals surface area (Å²) in [6.07, 6.45) is 1.49. The van der Waals surface area contributed by atoms with Gasteiger partial charge in [0, 0.05) is 17.3 Å². The zero-order chi connectivity index (χ0) is 31.4. The molecular weight excluding hydrogens is 600 g/mol. The van der Waals surface area contributed by atoms with Gasteiger partial charge >= 0.3 is 5.97 Å². The third-order valence-electron chi connectivity index (χ3n) is 7.45. The molecule has 3 aromatic carbocycles. The Bertz CT molecular complexity index is 1830. The summed E-state index contributed by atoms with van der Waals surface area (Å²) in [5.74, 6) is -0.367. The molecule has 0 spiro atoms. The maximum atomic E-state index is 13.7. The number of hydrogen-bond donors (Lipinski definition) is 0. The van der Waals surface area contributed by atoms with Crippen LogP contribution in [0.1, 0.15) is 42.5 Å². The predicted octanol–water partition coefficient (Wildman–Crippen LogP) is 6.76. The van der Waals surface area contributed by atoms with E-state index in [0.29, 0.717) is 16.5 Å². The van der Waals surface area contributed by atoms with Gasteiger partial charge in [0.25, 0.3) is 5.91 Å². The lowest BCUT2D eigenvalue weighted by atomic mass is 10.1. The summed E-state index contributed by atoms with van der Waals surface area (Å²) < 4.78 is 39.8. The minimum Gasteiger partial charge on any atom is -0.465 e. The van der Waals surface area contributed by atoms with Crippen molar-refractivity contribution in [3.63, 3.8) is 0 Å². The number of esters is 1. The van der Waals surface area contributed by atoms with Crippen LogP contribution in [-0.2, 0) is 37.4 Å². The van der Waals surface area contributed by atoms with E-state index in [9.17, 15) is 18.0 Å². The first kappa shape index (κ1) is 31.0. The molecule has 5 rings (SSSR count). The Labute approximate surface area is 261 Å². The minimum atomic E-state index is -3.94. The Balaban J connectivity index is 1.47. The first-order valence-corrected chi connectivity index (χ1v) is 15.7. The SMILES string of the molecule is COC(=O)C1=C(C)N([C@H](C)c2ccccc2)C(=O)/C1=C/c1ccc(CN(Cc2ccccc2)S(=O)(=O)c2ccc(Cl)cc2)o1. The maximum Gasteiger partial charge on any atom is 0.340 e. The number of amides is 1. The molecule has 226 valence electrons. The molecule has 1 atom stereocenters. The summed E-state index contributed by atoms with van der Waals surface area (Å²) in [4.78, 5) is 28.3. The lowest BCUT2D eigenvalue weighted by molar-refractivity contribution is -0.136. The number of benzene rings is 3. The molecule has 10 heteroatoms. The van der Waals surface area contributed by atoms with E-state index < -0.39 is 16.0 Å². The number of allylic oxidation sites excluding steroid dienone is 1. The molecule has 1 aromatic heterocycles. The van der Waals surface area contributed by atoms with Gasteiger partial charge in [0.2, 0.25) is 10.0 Å². The molecule has 0 aliphatic carbocycles. The Morgan fingerprint density at radius 3 is 2.23 bits per heavy atom. The van der Waals surface area contributed by atoms with E-state index in [1.54, 1.807) is 24.0 Å². The predicted molar refractivity (Wildman–Crippen MR) is 167 cm³/mol. The van der Waals surface area contributed by atoms with E-state index in [1.807, 2.05) is 67.6 Å². The molecule has 0 unspecified atom stereocenters. The molecule has 44 heavy (non-hydrogen) atoms. The topological polar surface area (TPSA) is 97.1 Å². The normalized spacial score (nSPS) is 15.3. The van der Waals surface area contributed by atoms with Crippen LogP contribution in [0, 0.1) is 0 Å². The van der Waals surface area contributed by atoms with Crippen molar-refractivity contribution in [1.82, 2.24) is 9.21 Å². The fraction of sp³-hybridized carbons (Fsp3) is 0.176. The zero-order valence-corrected chi connectivity index (χ0v) is 26.0. The summed E-state index contributed by atoms with van der Waals surface area (Å²) in [5.41, 5.74) is 2.46. The van der Waals surface area contributed by atoms with Gasteiger partial charge in [0.1, 0.15) is 11.5 Å². The number of ether oxygens (including phenoxy) is 1.